The van der Waals surface area contributed by atoms with E-state index in [2.05, 4.69) is 0 Å². The number of benzene rings is 1. The molecule has 5 fully saturated rings. The molecule has 266 valence electrons. The van der Waals surface area contributed by atoms with Crippen molar-refractivity contribution in [2.75, 3.05) is 12.8 Å². The molecule has 10 nitrogen and oxygen atoms in total. The zero-order valence-electron chi connectivity index (χ0n) is 28.8. The quantitative estimate of drug-likeness (QED) is 0.409. The molecule has 8 atom stereocenters. The number of ether oxygens (including phenoxy) is 1. The fourth-order valence-electron chi connectivity index (χ4n) is 10.8. The fraction of sp³-hybridized carbons (Fsp3) is 0.605. The van der Waals surface area contributed by atoms with Gasteiger partial charge in [-0.2, -0.15) is 5.10 Å². The average Bonchev–Trinajstić information content (AvgIpc) is 3.58. The van der Waals surface area contributed by atoms with Gasteiger partial charge >= 0.3 is 5.97 Å². The molecule has 0 spiro atoms. The number of nitrogens with two attached hydrogens (primary N) is 1. The van der Waals surface area contributed by atoms with E-state index in [0.29, 0.717) is 62.7 Å². The van der Waals surface area contributed by atoms with Gasteiger partial charge in [-0.3, -0.25) is 19.2 Å². The highest BCUT2D eigenvalue weighted by Crippen LogP contribution is 2.71. The number of hydrogen-bond acceptors (Lipinski definition) is 8. The summed E-state index contributed by atoms with van der Waals surface area (Å²) in [7, 11) is 0. The summed E-state index contributed by atoms with van der Waals surface area (Å²) < 4.78 is 26.2. The molecule has 5 aliphatic carbocycles. The van der Waals surface area contributed by atoms with Gasteiger partial charge < -0.3 is 20.5 Å². The van der Waals surface area contributed by atoms with Crippen LogP contribution in [0.3, 0.4) is 0 Å². The van der Waals surface area contributed by atoms with Gasteiger partial charge in [0.25, 0.3) is 5.91 Å². The van der Waals surface area contributed by atoms with Crippen molar-refractivity contribution >= 4 is 40.7 Å². The van der Waals surface area contributed by atoms with Crippen LogP contribution < -0.4 is 5.73 Å². The number of esters is 1. The number of rotatable bonds is 6. The molecule has 2 aromatic rings. The number of alkyl halides is 1. The van der Waals surface area contributed by atoms with Gasteiger partial charge in [-0.15, -0.1) is 0 Å². The molecule has 2 heterocycles. The SMILES string of the molecule is CSC(=O)[C@@]1(OC(=O)C2CC2)CC[C@H]2[C@@H]3CCC4=Cc5c(cnn5-c5cccc(C(=O)N6CCC[C@@H]6C(N)=O)c5)C[C@]4(C)[C@@]3(F)[C@@H](O)C[C@@]21C. The first-order chi connectivity index (χ1) is 23.8. The number of thioether (sulfide) groups is 1. The molecule has 3 N–H and O–H groups in total. The molecular formula is C38H45FN4O6S. The maximum Gasteiger partial charge on any atom is 0.309 e. The highest BCUT2D eigenvalue weighted by Gasteiger charge is 2.76. The molecule has 1 aromatic carbocycles. The predicted octanol–water partition coefficient (Wildman–Crippen LogP) is 4.79. The topological polar surface area (TPSA) is 145 Å². The minimum atomic E-state index is -1.97. The van der Waals surface area contributed by atoms with Crippen LogP contribution in [0.25, 0.3) is 11.8 Å². The van der Waals surface area contributed by atoms with E-state index in [1.165, 1.54) is 4.90 Å². The number of nitrogens with zero attached hydrogens (tertiary/aromatic N) is 3. The molecular weight excluding hydrogens is 660 g/mol. The third-order valence-corrected chi connectivity index (χ3v) is 14.3. The number of fused-ring (bicyclic) bond motifs is 6. The van der Waals surface area contributed by atoms with Gasteiger partial charge in [0, 0.05) is 28.9 Å². The highest BCUT2D eigenvalue weighted by atomic mass is 32.2. The van der Waals surface area contributed by atoms with Crippen molar-refractivity contribution < 1.29 is 33.4 Å². The molecule has 8 rings (SSSR count). The number of aliphatic hydroxyl groups is 1. The minimum Gasteiger partial charge on any atom is -0.449 e. The van der Waals surface area contributed by atoms with Crippen molar-refractivity contribution in [1.82, 2.24) is 14.7 Å². The van der Waals surface area contributed by atoms with Crippen molar-refractivity contribution in [2.24, 2.45) is 34.3 Å². The fourth-order valence-corrected chi connectivity index (χ4v) is 11.5. The number of amides is 2. The lowest BCUT2D eigenvalue weighted by molar-refractivity contribution is -0.229. The second kappa shape index (κ2) is 11.5. The van der Waals surface area contributed by atoms with Gasteiger partial charge in [-0.25, -0.2) is 9.07 Å². The Morgan fingerprint density at radius 1 is 1.10 bits per heavy atom. The van der Waals surface area contributed by atoms with Gasteiger partial charge in [-0.05, 0) is 106 Å². The number of likely N-dealkylation sites (tertiary alicyclic amines) is 1. The maximum absolute atomic E-state index is 18.3. The molecule has 50 heavy (non-hydrogen) atoms. The smallest absolute Gasteiger partial charge is 0.309 e. The zero-order valence-corrected chi connectivity index (χ0v) is 29.6. The van der Waals surface area contributed by atoms with Crippen LogP contribution in [0.4, 0.5) is 4.39 Å². The van der Waals surface area contributed by atoms with Gasteiger partial charge in [0.2, 0.25) is 11.0 Å². The van der Waals surface area contributed by atoms with Crippen LogP contribution in [0.1, 0.15) is 93.3 Å². The van der Waals surface area contributed by atoms with Crippen molar-refractivity contribution in [3.05, 3.63) is 52.9 Å². The Morgan fingerprint density at radius 3 is 2.60 bits per heavy atom. The number of primary amides is 1. The van der Waals surface area contributed by atoms with Crippen molar-refractivity contribution in [1.29, 1.82) is 0 Å². The van der Waals surface area contributed by atoms with Crippen molar-refractivity contribution in [2.45, 2.75) is 101 Å². The Labute approximate surface area is 295 Å². The molecule has 1 saturated heterocycles. The molecule has 4 saturated carbocycles. The van der Waals surface area contributed by atoms with E-state index in [1.807, 2.05) is 26.0 Å². The summed E-state index contributed by atoms with van der Waals surface area (Å²) in [6.45, 7) is 4.33. The Kier molecular flexibility index (Phi) is 7.73. The second-order valence-corrected chi connectivity index (χ2v) is 16.7. The van der Waals surface area contributed by atoms with Crippen molar-refractivity contribution in [3.63, 3.8) is 0 Å². The van der Waals surface area contributed by atoms with Gasteiger partial charge in [0.05, 0.1) is 29.6 Å². The summed E-state index contributed by atoms with van der Waals surface area (Å²) in [5, 5.41) is 16.5. The van der Waals surface area contributed by atoms with E-state index < -0.39 is 46.1 Å². The van der Waals surface area contributed by atoms with Crippen LogP contribution in [0.5, 0.6) is 0 Å². The van der Waals surface area contributed by atoms with E-state index in [-0.39, 0.29) is 35.2 Å². The summed E-state index contributed by atoms with van der Waals surface area (Å²) in [5.41, 5.74) is 3.97. The number of halogens is 1. The van der Waals surface area contributed by atoms with Crippen LogP contribution >= 0.6 is 11.8 Å². The average molecular weight is 705 g/mol. The van der Waals surface area contributed by atoms with E-state index in [0.717, 1.165) is 41.4 Å². The van der Waals surface area contributed by atoms with E-state index in [9.17, 15) is 24.3 Å². The molecule has 0 unspecified atom stereocenters. The van der Waals surface area contributed by atoms with Crippen LogP contribution in [0.2, 0.25) is 0 Å². The lowest BCUT2D eigenvalue weighted by atomic mass is 9.44. The largest absolute Gasteiger partial charge is 0.449 e. The Bertz CT molecular complexity index is 1840. The van der Waals surface area contributed by atoms with E-state index in [1.54, 1.807) is 35.3 Å². The number of aromatic nitrogens is 2. The number of hydrogen-bond donors (Lipinski definition) is 2. The summed E-state index contributed by atoms with van der Waals surface area (Å²) in [4.78, 5) is 53.7. The summed E-state index contributed by atoms with van der Waals surface area (Å²) in [6, 6.07) is 6.51. The first kappa shape index (κ1) is 33.6. The Balaban J connectivity index is 1.11. The lowest BCUT2D eigenvalue weighted by Crippen LogP contribution is -2.70. The molecule has 1 aliphatic heterocycles. The third kappa shape index (κ3) is 4.52. The van der Waals surface area contributed by atoms with E-state index in [4.69, 9.17) is 15.6 Å². The molecule has 0 bridgehead atoms. The minimum absolute atomic E-state index is 0.0261. The van der Waals surface area contributed by atoms with Gasteiger partial charge in [-0.1, -0.05) is 37.2 Å². The van der Waals surface area contributed by atoms with Gasteiger partial charge in [0.15, 0.2) is 5.60 Å². The van der Waals surface area contributed by atoms with Crippen LogP contribution in [0, 0.1) is 28.6 Å². The summed E-state index contributed by atoms with van der Waals surface area (Å²) >= 11 is 1.05. The Hall–Kier alpha value is -3.51. The maximum atomic E-state index is 18.3. The second-order valence-electron chi connectivity index (χ2n) is 16.0. The molecule has 12 heteroatoms. The van der Waals surface area contributed by atoms with Crippen LogP contribution in [-0.4, -0.2) is 78.9 Å². The van der Waals surface area contributed by atoms with Gasteiger partial charge in [0.1, 0.15) is 11.7 Å². The first-order valence-corrected chi connectivity index (χ1v) is 19.2. The first-order valence-electron chi connectivity index (χ1n) is 18.0. The predicted molar refractivity (Wildman–Crippen MR) is 185 cm³/mol. The Morgan fingerprint density at radius 2 is 1.88 bits per heavy atom. The zero-order chi connectivity index (χ0) is 35.4. The summed E-state index contributed by atoms with van der Waals surface area (Å²) in [6.07, 6.45) is 9.22. The number of allylic oxidation sites excluding steroid dienone is 1. The highest BCUT2D eigenvalue weighted by molar-refractivity contribution is 8.13. The lowest BCUT2D eigenvalue weighted by Gasteiger charge is -2.63. The van der Waals surface area contributed by atoms with Crippen molar-refractivity contribution in [3.8, 4) is 5.69 Å². The summed E-state index contributed by atoms with van der Waals surface area (Å²) in [5.74, 6) is -2.06. The standard InChI is InChI=1S/C38H45FN4O6S/c1-35-18-23-20-41-43(25-7-4-6-22(16-25)32(46)42-15-5-8-28(42)31(40)45)29(23)17-24(35)11-12-27-26-13-14-37(34(48)50-3,49-33(47)21-9-10-21)36(26,2)19-30(44)38(27,35)39/h4,6-7,16-17,20-21,26-28,30,44H,5,8-15,18-19H2,1-3H3,(H2,40,45)/t26-,27-,28+,30-,35-,36-,37-,38-/m0/s1. The van der Waals surface area contributed by atoms with Crippen LogP contribution in [-0.2, 0) is 25.5 Å². The normalized spacial score (nSPS) is 37.2. The van der Waals surface area contributed by atoms with Crippen LogP contribution in [0.15, 0.2) is 36.0 Å². The monoisotopic (exact) mass is 704 g/mol. The number of carbonyl (C=O) groups excluding carboxylic acids is 4. The molecule has 6 aliphatic rings. The molecule has 2 amide bonds. The van der Waals surface area contributed by atoms with E-state index >= 15 is 4.39 Å². The molecule has 0 radical (unpaired) electrons. The number of carbonyl (C=O) groups is 4. The molecule has 1 aromatic heterocycles. The third-order valence-electron chi connectivity index (χ3n) is 13.6. The number of aliphatic hydroxyl groups excluding tert-OH is 1.